The van der Waals surface area contributed by atoms with Gasteiger partial charge in [-0.2, -0.15) is 5.26 Å². The first kappa shape index (κ1) is 13.2. The molecule has 0 bridgehead atoms. The second-order valence-corrected chi connectivity index (χ2v) is 4.00. The lowest BCUT2D eigenvalue weighted by Gasteiger charge is -2.19. The SMILES string of the molecule is CC(C#N)N(C)CCc1ccccc1C(=O)O. The number of carbonyl (C=O) groups is 1. The minimum atomic E-state index is -0.906. The van der Waals surface area contributed by atoms with Gasteiger partial charge >= 0.3 is 5.97 Å². The van der Waals surface area contributed by atoms with E-state index in [1.165, 1.54) is 0 Å². The molecule has 0 aliphatic rings. The van der Waals surface area contributed by atoms with E-state index in [0.29, 0.717) is 18.5 Å². The Morgan fingerprint density at radius 1 is 1.53 bits per heavy atom. The molecule has 0 saturated carbocycles. The predicted octanol–water partition coefficient (Wildman–Crippen LogP) is 1.77. The molecule has 0 heterocycles. The smallest absolute Gasteiger partial charge is 0.335 e. The molecule has 1 unspecified atom stereocenters. The van der Waals surface area contributed by atoms with Crippen molar-refractivity contribution in [3.63, 3.8) is 0 Å². The van der Waals surface area contributed by atoms with Gasteiger partial charge < -0.3 is 5.11 Å². The normalized spacial score (nSPS) is 12.1. The molecule has 17 heavy (non-hydrogen) atoms. The molecule has 0 spiro atoms. The zero-order chi connectivity index (χ0) is 12.8. The van der Waals surface area contributed by atoms with Crippen molar-refractivity contribution < 1.29 is 9.90 Å². The number of nitriles is 1. The van der Waals surface area contributed by atoms with Crippen LogP contribution in [0.1, 0.15) is 22.8 Å². The highest BCUT2D eigenvalue weighted by atomic mass is 16.4. The molecule has 1 aromatic rings. The lowest BCUT2D eigenvalue weighted by atomic mass is 10.0. The molecule has 90 valence electrons. The topological polar surface area (TPSA) is 64.3 Å². The summed E-state index contributed by atoms with van der Waals surface area (Å²) < 4.78 is 0. The Morgan fingerprint density at radius 3 is 2.76 bits per heavy atom. The van der Waals surface area contributed by atoms with E-state index in [9.17, 15) is 4.79 Å². The number of aromatic carboxylic acids is 1. The molecule has 1 atom stereocenters. The number of carboxylic acid groups (broad SMARTS) is 1. The van der Waals surface area contributed by atoms with E-state index in [-0.39, 0.29) is 6.04 Å². The lowest BCUT2D eigenvalue weighted by molar-refractivity contribution is 0.0695. The molecule has 1 N–H and O–H groups in total. The summed E-state index contributed by atoms with van der Waals surface area (Å²) in [4.78, 5) is 12.9. The molecule has 0 aliphatic carbocycles. The van der Waals surface area contributed by atoms with Crippen molar-refractivity contribution in [1.82, 2.24) is 4.90 Å². The van der Waals surface area contributed by atoms with Gasteiger partial charge in [0.15, 0.2) is 0 Å². The van der Waals surface area contributed by atoms with Gasteiger partial charge in [-0.15, -0.1) is 0 Å². The molecular weight excluding hydrogens is 216 g/mol. The molecule has 4 nitrogen and oxygen atoms in total. The van der Waals surface area contributed by atoms with Crippen molar-refractivity contribution >= 4 is 5.97 Å². The highest BCUT2D eigenvalue weighted by Crippen LogP contribution is 2.10. The number of benzene rings is 1. The van der Waals surface area contributed by atoms with Crippen LogP contribution in [0.15, 0.2) is 24.3 Å². The van der Waals surface area contributed by atoms with Crippen LogP contribution in [0.5, 0.6) is 0 Å². The van der Waals surface area contributed by atoms with E-state index in [2.05, 4.69) is 6.07 Å². The van der Waals surface area contributed by atoms with Crippen LogP contribution in [0.2, 0.25) is 0 Å². The van der Waals surface area contributed by atoms with Crippen molar-refractivity contribution in [2.24, 2.45) is 0 Å². The quantitative estimate of drug-likeness (QED) is 0.840. The summed E-state index contributed by atoms with van der Waals surface area (Å²) >= 11 is 0. The maximum atomic E-state index is 11.0. The maximum absolute atomic E-state index is 11.0. The second kappa shape index (κ2) is 6.02. The van der Waals surface area contributed by atoms with Crippen LogP contribution in [0, 0.1) is 11.3 Å². The van der Waals surface area contributed by atoms with E-state index < -0.39 is 5.97 Å². The summed E-state index contributed by atoms with van der Waals surface area (Å²) in [5.41, 5.74) is 1.14. The van der Waals surface area contributed by atoms with Gasteiger partial charge in [-0.05, 0) is 32.0 Å². The van der Waals surface area contributed by atoms with Gasteiger partial charge in [0.1, 0.15) is 0 Å². The van der Waals surface area contributed by atoms with Crippen molar-refractivity contribution in [2.45, 2.75) is 19.4 Å². The minimum absolute atomic E-state index is 0.160. The first-order valence-electron chi connectivity index (χ1n) is 5.47. The summed E-state index contributed by atoms with van der Waals surface area (Å²) in [6.45, 7) is 2.49. The van der Waals surface area contributed by atoms with Gasteiger partial charge in [0.25, 0.3) is 0 Å². The molecule has 0 fully saturated rings. The summed E-state index contributed by atoms with van der Waals surface area (Å²) in [6, 6.07) is 8.95. The van der Waals surface area contributed by atoms with Gasteiger partial charge in [0.2, 0.25) is 0 Å². The highest BCUT2D eigenvalue weighted by Gasteiger charge is 2.11. The molecule has 0 radical (unpaired) electrons. The standard InChI is InChI=1S/C13H16N2O2/c1-10(9-14)15(2)8-7-11-5-3-4-6-12(11)13(16)17/h3-6,10H,7-8H2,1-2H3,(H,16,17). The predicted molar refractivity (Wildman–Crippen MR) is 64.8 cm³/mol. The summed E-state index contributed by atoms with van der Waals surface area (Å²) in [6.07, 6.45) is 0.630. The van der Waals surface area contributed by atoms with Crippen molar-refractivity contribution in [3.8, 4) is 6.07 Å². The molecule has 1 rings (SSSR count). The first-order chi connectivity index (χ1) is 8.06. The second-order valence-electron chi connectivity index (χ2n) is 4.00. The first-order valence-corrected chi connectivity index (χ1v) is 5.47. The van der Waals surface area contributed by atoms with Crippen molar-refractivity contribution in [2.75, 3.05) is 13.6 Å². The average Bonchev–Trinajstić information content (AvgIpc) is 2.35. The molecule has 0 aliphatic heterocycles. The monoisotopic (exact) mass is 232 g/mol. The Bertz CT molecular complexity index is 437. The third kappa shape index (κ3) is 3.58. The minimum Gasteiger partial charge on any atom is -0.478 e. The number of carboxylic acids is 1. The van der Waals surface area contributed by atoms with Gasteiger partial charge in [-0.1, -0.05) is 18.2 Å². The molecule has 4 heteroatoms. The number of hydrogen-bond acceptors (Lipinski definition) is 3. The Balaban J connectivity index is 2.70. The van der Waals surface area contributed by atoms with Gasteiger partial charge in [0.05, 0.1) is 17.7 Å². The van der Waals surface area contributed by atoms with Gasteiger partial charge in [-0.3, -0.25) is 4.90 Å². The fourth-order valence-corrected chi connectivity index (χ4v) is 1.54. The fraction of sp³-hybridized carbons (Fsp3) is 0.385. The Labute approximate surface area is 101 Å². The average molecular weight is 232 g/mol. The third-order valence-electron chi connectivity index (χ3n) is 2.83. The third-order valence-corrected chi connectivity index (χ3v) is 2.83. The molecule has 0 saturated heterocycles. The van der Waals surface area contributed by atoms with Crippen LogP contribution in [-0.4, -0.2) is 35.6 Å². The van der Waals surface area contributed by atoms with Gasteiger partial charge in [-0.25, -0.2) is 4.79 Å². The van der Waals surface area contributed by atoms with Crippen LogP contribution in [0.25, 0.3) is 0 Å². The highest BCUT2D eigenvalue weighted by molar-refractivity contribution is 5.89. The fourth-order valence-electron chi connectivity index (χ4n) is 1.54. The van der Waals surface area contributed by atoms with E-state index in [0.717, 1.165) is 5.56 Å². The summed E-state index contributed by atoms with van der Waals surface area (Å²) in [7, 11) is 1.86. The van der Waals surface area contributed by atoms with Crippen molar-refractivity contribution in [3.05, 3.63) is 35.4 Å². The molecule has 1 aromatic carbocycles. The van der Waals surface area contributed by atoms with E-state index in [1.807, 2.05) is 31.0 Å². The lowest BCUT2D eigenvalue weighted by Crippen LogP contribution is -2.29. The number of nitrogens with zero attached hydrogens (tertiary/aromatic N) is 2. The van der Waals surface area contributed by atoms with E-state index >= 15 is 0 Å². The number of likely N-dealkylation sites (N-methyl/N-ethyl adjacent to an activating group) is 1. The molecule has 0 amide bonds. The van der Waals surface area contributed by atoms with Crippen molar-refractivity contribution in [1.29, 1.82) is 5.26 Å². The van der Waals surface area contributed by atoms with Crippen LogP contribution >= 0.6 is 0 Å². The number of hydrogen-bond donors (Lipinski definition) is 1. The number of rotatable bonds is 5. The van der Waals surface area contributed by atoms with Crippen LogP contribution in [0.3, 0.4) is 0 Å². The Morgan fingerprint density at radius 2 is 2.18 bits per heavy atom. The zero-order valence-corrected chi connectivity index (χ0v) is 10.1. The Kier molecular flexibility index (Phi) is 4.68. The van der Waals surface area contributed by atoms with E-state index in [4.69, 9.17) is 10.4 Å². The van der Waals surface area contributed by atoms with Crippen LogP contribution < -0.4 is 0 Å². The van der Waals surface area contributed by atoms with Gasteiger partial charge in [0, 0.05) is 6.54 Å². The van der Waals surface area contributed by atoms with Crippen LogP contribution in [0.4, 0.5) is 0 Å². The van der Waals surface area contributed by atoms with Crippen LogP contribution in [-0.2, 0) is 6.42 Å². The summed E-state index contributed by atoms with van der Waals surface area (Å²) in [5, 5.41) is 17.8. The zero-order valence-electron chi connectivity index (χ0n) is 10.1. The van der Waals surface area contributed by atoms with E-state index in [1.54, 1.807) is 12.1 Å². The maximum Gasteiger partial charge on any atom is 0.335 e. The largest absolute Gasteiger partial charge is 0.478 e. The molecular formula is C13H16N2O2. The Hall–Kier alpha value is -1.86. The molecule has 0 aromatic heterocycles. The summed E-state index contributed by atoms with van der Waals surface area (Å²) in [5.74, 6) is -0.906.